The normalized spacial score (nSPS) is 24.6. The summed E-state index contributed by atoms with van der Waals surface area (Å²) in [6.45, 7) is 2.08. The van der Waals surface area contributed by atoms with Crippen LogP contribution in [0.15, 0.2) is 12.2 Å². The van der Waals surface area contributed by atoms with Crippen LogP contribution >= 0.6 is 0 Å². The first-order chi connectivity index (χ1) is 8.14. The number of Topliss-reactive ketones (excluding diaryl/α,β-unsaturated/α-hetero) is 1. The largest absolute Gasteiger partial charge is 0.463 e. The van der Waals surface area contributed by atoms with E-state index in [-0.39, 0.29) is 5.78 Å². The molecule has 1 fully saturated rings. The van der Waals surface area contributed by atoms with E-state index in [4.69, 9.17) is 11.2 Å². The Balaban J connectivity index is 2.81. The van der Waals surface area contributed by atoms with Gasteiger partial charge in [0.2, 0.25) is 0 Å². The summed E-state index contributed by atoms with van der Waals surface area (Å²) in [5.74, 6) is 2.27. The standard InChI is InChI=1S/C14H18O3/c1-3-9-14(10-6-5-7-12(14)15)11-8-13(16)17-4-2/h1,8,11H,4-7,9-10H2,2H3/b11-8+. The van der Waals surface area contributed by atoms with Gasteiger partial charge in [0.25, 0.3) is 0 Å². The van der Waals surface area contributed by atoms with Gasteiger partial charge in [0.15, 0.2) is 0 Å². The van der Waals surface area contributed by atoms with Crippen LogP contribution < -0.4 is 0 Å². The molecule has 1 rings (SSSR count). The molecule has 0 amide bonds. The van der Waals surface area contributed by atoms with Gasteiger partial charge in [-0.25, -0.2) is 4.79 Å². The molecular weight excluding hydrogens is 216 g/mol. The first-order valence-electron chi connectivity index (χ1n) is 5.97. The lowest BCUT2D eigenvalue weighted by Crippen LogP contribution is -2.32. The summed E-state index contributed by atoms with van der Waals surface area (Å²) >= 11 is 0. The maximum absolute atomic E-state index is 12.0. The van der Waals surface area contributed by atoms with Crippen LogP contribution in [0.1, 0.15) is 39.0 Å². The van der Waals surface area contributed by atoms with Gasteiger partial charge in [-0.05, 0) is 19.8 Å². The zero-order chi connectivity index (χ0) is 12.7. The summed E-state index contributed by atoms with van der Waals surface area (Å²) in [5, 5.41) is 0. The molecule has 0 radical (unpaired) electrons. The molecule has 1 aliphatic carbocycles. The van der Waals surface area contributed by atoms with Crippen molar-refractivity contribution in [1.82, 2.24) is 0 Å². The fraction of sp³-hybridized carbons (Fsp3) is 0.571. The lowest BCUT2D eigenvalue weighted by molar-refractivity contribution is -0.137. The lowest BCUT2D eigenvalue weighted by Gasteiger charge is -2.31. The molecule has 92 valence electrons. The highest BCUT2D eigenvalue weighted by molar-refractivity contribution is 5.90. The van der Waals surface area contributed by atoms with Crippen molar-refractivity contribution < 1.29 is 14.3 Å². The number of carbonyl (C=O) groups excluding carboxylic acids is 2. The summed E-state index contributed by atoms with van der Waals surface area (Å²) in [6.07, 6.45) is 11.8. The molecule has 0 aromatic heterocycles. The summed E-state index contributed by atoms with van der Waals surface area (Å²) in [5.41, 5.74) is -0.639. The monoisotopic (exact) mass is 234 g/mol. The van der Waals surface area contributed by atoms with E-state index >= 15 is 0 Å². The molecule has 0 bridgehead atoms. The highest BCUT2D eigenvalue weighted by atomic mass is 16.5. The molecular formula is C14H18O3. The Morgan fingerprint density at radius 1 is 1.59 bits per heavy atom. The van der Waals surface area contributed by atoms with Gasteiger partial charge in [0.1, 0.15) is 5.78 Å². The topological polar surface area (TPSA) is 43.4 Å². The highest BCUT2D eigenvalue weighted by Crippen LogP contribution is 2.37. The lowest BCUT2D eigenvalue weighted by atomic mass is 9.71. The van der Waals surface area contributed by atoms with Crippen molar-refractivity contribution in [2.75, 3.05) is 6.61 Å². The van der Waals surface area contributed by atoms with Crippen LogP contribution in [0.4, 0.5) is 0 Å². The Labute approximate surface area is 102 Å². The van der Waals surface area contributed by atoms with Crippen LogP contribution in [0.3, 0.4) is 0 Å². The van der Waals surface area contributed by atoms with Crippen LogP contribution in [0.25, 0.3) is 0 Å². The Kier molecular flexibility index (Phi) is 4.96. The van der Waals surface area contributed by atoms with Gasteiger partial charge in [0, 0.05) is 18.9 Å². The first kappa shape index (κ1) is 13.5. The minimum Gasteiger partial charge on any atom is -0.463 e. The summed E-state index contributed by atoms with van der Waals surface area (Å²) in [6, 6.07) is 0. The number of rotatable bonds is 4. The SMILES string of the molecule is C#CCC1(/C=C/C(=O)OCC)CCCCC1=O. The number of allylic oxidation sites excluding steroid dienone is 1. The van der Waals surface area contributed by atoms with Crippen molar-refractivity contribution >= 4 is 11.8 Å². The average molecular weight is 234 g/mol. The van der Waals surface area contributed by atoms with Crippen LogP contribution in [0.2, 0.25) is 0 Å². The highest BCUT2D eigenvalue weighted by Gasteiger charge is 2.36. The number of terminal acetylenes is 1. The van der Waals surface area contributed by atoms with E-state index in [1.54, 1.807) is 13.0 Å². The van der Waals surface area contributed by atoms with Crippen molar-refractivity contribution in [3.05, 3.63) is 12.2 Å². The Hall–Kier alpha value is -1.56. The molecule has 0 heterocycles. The zero-order valence-corrected chi connectivity index (χ0v) is 10.2. The van der Waals surface area contributed by atoms with Gasteiger partial charge in [-0.3, -0.25) is 4.79 Å². The Morgan fingerprint density at radius 2 is 2.35 bits per heavy atom. The van der Waals surface area contributed by atoms with E-state index in [0.717, 1.165) is 19.3 Å². The maximum Gasteiger partial charge on any atom is 0.330 e. The fourth-order valence-corrected chi connectivity index (χ4v) is 2.14. The van der Waals surface area contributed by atoms with E-state index in [2.05, 4.69) is 5.92 Å². The van der Waals surface area contributed by atoms with Crippen LogP contribution in [0.5, 0.6) is 0 Å². The molecule has 0 saturated heterocycles. The van der Waals surface area contributed by atoms with Gasteiger partial charge in [-0.2, -0.15) is 0 Å². The van der Waals surface area contributed by atoms with E-state index in [1.807, 2.05) is 0 Å². The molecule has 3 nitrogen and oxygen atoms in total. The van der Waals surface area contributed by atoms with Gasteiger partial charge in [0.05, 0.1) is 12.0 Å². The molecule has 3 heteroatoms. The van der Waals surface area contributed by atoms with Gasteiger partial charge < -0.3 is 4.74 Å². The van der Waals surface area contributed by atoms with E-state index in [0.29, 0.717) is 19.4 Å². The predicted octanol–water partition coefficient (Wildman–Crippen LogP) is 2.26. The molecule has 0 spiro atoms. The first-order valence-corrected chi connectivity index (χ1v) is 5.97. The predicted molar refractivity (Wildman–Crippen MR) is 65.1 cm³/mol. The number of hydrogen-bond donors (Lipinski definition) is 0. The number of esters is 1. The smallest absolute Gasteiger partial charge is 0.330 e. The quantitative estimate of drug-likeness (QED) is 0.426. The maximum atomic E-state index is 12.0. The Bertz CT molecular complexity index is 362. The molecule has 17 heavy (non-hydrogen) atoms. The van der Waals surface area contributed by atoms with Crippen molar-refractivity contribution in [3.63, 3.8) is 0 Å². The second-order valence-corrected chi connectivity index (χ2v) is 4.25. The Morgan fingerprint density at radius 3 is 2.94 bits per heavy atom. The summed E-state index contributed by atoms with van der Waals surface area (Å²) in [7, 11) is 0. The second kappa shape index (κ2) is 6.24. The molecule has 0 aromatic rings. The number of carbonyl (C=O) groups is 2. The van der Waals surface area contributed by atoms with Crippen LogP contribution in [-0.2, 0) is 14.3 Å². The second-order valence-electron chi connectivity index (χ2n) is 4.25. The molecule has 1 aliphatic rings. The van der Waals surface area contributed by atoms with Crippen molar-refractivity contribution in [3.8, 4) is 12.3 Å². The summed E-state index contributed by atoms with van der Waals surface area (Å²) < 4.78 is 4.80. The molecule has 0 aliphatic heterocycles. The van der Waals surface area contributed by atoms with Crippen molar-refractivity contribution in [1.29, 1.82) is 0 Å². The van der Waals surface area contributed by atoms with Crippen LogP contribution in [-0.4, -0.2) is 18.4 Å². The van der Waals surface area contributed by atoms with Gasteiger partial charge in [-0.15, -0.1) is 12.3 Å². The molecule has 1 atom stereocenters. The van der Waals surface area contributed by atoms with E-state index in [1.165, 1.54) is 6.08 Å². The third kappa shape index (κ3) is 3.45. The number of ether oxygens (including phenoxy) is 1. The van der Waals surface area contributed by atoms with Crippen LogP contribution in [0, 0.1) is 17.8 Å². The molecule has 1 saturated carbocycles. The van der Waals surface area contributed by atoms with Crippen molar-refractivity contribution in [2.45, 2.75) is 39.0 Å². The summed E-state index contributed by atoms with van der Waals surface area (Å²) in [4.78, 5) is 23.2. The fourth-order valence-electron chi connectivity index (χ4n) is 2.14. The minimum atomic E-state index is -0.639. The zero-order valence-electron chi connectivity index (χ0n) is 10.2. The number of ketones is 1. The van der Waals surface area contributed by atoms with E-state index in [9.17, 15) is 9.59 Å². The number of hydrogen-bond acceptors (Lipinski definition) is 3. The van der Waals surface area contributed by atoms with Gasteiger partial charge >= 0.3 is 5.97 Å². The third-order valence-electron chi connectivity index (χ3n) is 3.07. The van der Waals surface area contributed by atoms with E-state index < -0.39 is 11.4 Å². The third-order valence-corrected chi connectivity index (χ3v) is 3.07. The van der Waals surface area contributed by atoms with Crippen molar-refractivity contribution in [2.24, 2.45) is 5.41 Å². The average Bonchev–Trinajstić information content (AvgIpc) is 2.31. The molecule has 0 N–H and O–H groups in total. The molecule has 0 aromatic carbocycles. The molecule has 1 unspecified atom stereocenters. The minimum absolute atomic E-state index is 0.141. The van der Waals surface area contributed by atoms with Gasteiger partial charge in [-0.1, -0.05) is 12.5 Å².